The van der Waals surface area contributed by atoms with Gasteiger partial charge in [-0.15, -0.1) is 6.58 Å². The van der Waals surface area contributed by atoms with Gasteiger partial charge in [0.05, 0.1) is 5.52 Å². The summed E-state index contributed by atoms with van der Waals surface area (Å²) in [6.07, 6.45) is 3.31. The molecule has 0 bridgehead atoms. The number of nitrogens with one attached hydrogen (secondary N) is 1. The summed E-state index contributed by atoms with van der Waals surface area (Å²) in [6, 6.07) is 14.6. The van der Waals surface area contributed by atoms with Crippen LogP contribution in [0.5, 0.6) is 0 Å². The van der Waals surface area contributed by atoms with Crippen molar-refractivity contribution in [3.8, 4) is 0 Å². The van der Waals surface area contributed by atoms with Crippen LogP contribution in [0.15, 0.2) is 67.4 Å². The quantitative estimate of drug-likeness (QED) is 0.729. The van der Waals surface area contributed by atoms with Crippen LogP contribution in [0.4, 0.5) is 5.69 Å². The molecular formula is C19H18N4O2. The first kappa shape index (κ1) is 16.4. The fraction of sp³-hybridized carbons (Fsp3) is 0.105. The molecule has 1 N–H and O–H groups in total. The number of nitrogens with zero attached hydrogens (tertiary/aromatic N) is 3. The molecule has 0 aliphatic carbocycles. The zero-order valence-corrected chi connectivity index (χ0v) is 13.8. The normalized spacial score (nSPS) is 10.4. The Balaban J connectivity index is 2.03. The predicted octanol–water partition coefficient (Wildman–Crippen LogP) is 2.53. The molecule has 2 heterocycles. The summed E-state index contributed by atoms with van der Waals surface area (Å²) in [5.74, 6) is -0.453. The van der Waals surface area contributed by atoms with Crippen molar-refractivity contribution < 1.29 is 9.59 Å². The first-order chi connectivity index (χ1) is 12.1. The summed E-state index contributed by atoms with van der Waals surface area (Å²) >= 11 is 0. The van der Waals surface area contributed by atoms with Gasteiger partial charge in [0.1, 0.15) is 0 Å². The third kappa shape index (κ3) is 3.14. The van der Waals surface area contributed by atoms with E-state index in [-0.39, 0.29) is 23.3 Å². The van der Waals surface area contributed by atoms with E-state index in [2.05, 4.69) is 16.9 Å². The van der Waals surface area contributed by atoms with Gasteiger partial charge < -0.3 is 10.2 Å². The molecule has 0 aliphatic heterocycles. The topological polar surface area (TPSA) is 66.7 Å². The number of carbonyl (C=O) groups is 2. The minimum absolute atomic E-state index is 0.186. The van der Waals surface area contributed by atoms with Crippen molar-refractivity contribution >= 4 is 23.0 Å². The summed E-state index contributed by atoms with van der Waals surface area (Å²) in [7, 11) is 1.68. The van der Waals surface area contributed by atoms with Crippen molar-refractivity contribution in [1.29, 1.82) is 0 Å². The smallest absolute Gasteiger partial charge is 0.294 e. The second-order valence-corrected chi connectivity index (χ2v) is 5.44. The zero-order chi connectivity index (χ0) is 17.8. The van der Waals surface area contributed by atoms with E-state index in [4.69, 9.17) is 0 Å². The molecule has 0 radical (unpaired) electrons. The summed E-state index contributed by atoms with van der Waals surface area (Å²) in [6.45, 7) is 3.91. The average Bonchev–Trinajstić information content (AvgIpc) is 3.05. The van der Waals surface area contributed by atoms with Gasteiger partial charge in [-0.05, 0) is 24.3 Å². The summed E-state index contributed by atoms with van der Waals surface area (Å²) in [5.41, 5.74) is 1.54. The molecule has 2 amide bonds. The maximum absolute atomic E-state index is 12.9. The lowest BCUT2D eigenvalue weighted by Gasteiger charge is -2.16. The van der Waals surface area contributed by atoms with E-state index in [0.29, 0.717) is 12.1 Å². The Labute approximate surface area is 145 Å². The lowest BCUT2D eigenvalue weighted by atomic mass is 10.3. The van der Waals surface area contributed by atoms with Gasteiger partial charge in [-0.25, -0.2) is 4.98 Å². The fourth-order valence-electron chi connectivity index (χ4n) is 2.52. The molecule has 0 unspecified atom stereocenters. The Hall–Kier alpha value is -3.41. The number of rotatable bonds is 5. The number of para-hydroxylation sites is 1. The number of hydrogen-bond donors (Lipinski definition) is 1. The largest absolute Gasteiger partial charge is 0.347 e. The average molecular weight is 334 g/mol. The molecule has 3 aromatic rings. The van der Waals surface area contributed by atoms with Crippen LogP contribution in [-0.4, -0.2) is 34.8 Å². The molecule has 0 saturated heterocycles. The van der Waals surface area contributed by atoms with E-state index < -0.39 is 0 Å². The van der Waals surface area contributed by atoms with Crippen molar-refractivity contribution in [3.05, 3.63) is 78.9 Å². The van der Waals surface area contributed by atoms with Crippen molar-refractivity contribution in [2.24, 2.45) is 0 Å². The number of fused-ring (bicyclic) bond motifs is 1. The third-order valence-electron chi connectivity index (χ3n) is 3.81. The predicted molar refractivity (Wildman–Crippen MR) is 96.9 cm³/mol. The number of pyridine rings is 1. The Morgan fingerprint density at radius 1 is 1.20 bits per heavy atom. The lowest BCUT2D eigenvalue weighted by molar-refractivity contribution is 0.0955. The standard InChI is InChI=1S/C19H18N4O2/c1-3-12-20-18(24)16-15-11-7-8-13-23(15)17(21-16)19(25)22(2)14-9-5-4-6-10-14/h3-11,13H,1,12H2,2H3,(H,20,24). The molecule has 25 heavy (non-hydrogen) atoms. The minimum Gasteiger partial charge on any atom is -0.347 e. The van der Waals surface area contributed by atoms with Gasteiger partial charge >= 0.3 is 0 Å². The molecule has 6 nitrogen and oxygen atoms in total. The van der Waals surface area contributed by atoms with Gasteiger partial charge in [0, 0.05) is 25.5 Å². The molecule has 0 spiro atoms. The van der Waals surface area contributed by atoms with Gasteiger partial charge in [-0.1, -0.05) is 30.3 Å². The number of carbonyl (C=O) groups excluding carboxylic acids is 2. The Kier molecular flexibility index (Phi) is 4.61. The highest BCUT2D eigenvalue weighted by Gasteiger charge is 2.23. The van der Waals surface area contributed by atoms with Crippen molar-refractivity contribution in [2.75, 3.05) is 18.5 Å². The second-order valence-electron chi connectivity index (χ2n) is 5.44. The van der Waals surface area contributed by atoms with Crippen LogP contribution >= 0.6 is 0 Å². The fourth-order valence-corrected chi connectivity index (χ4v) is 2.52. The van der Waals surface area contributed by atoms with E-state index in [1.807, 2.05) is 30.3 Å². The first-order valence-corrected chi connectivity index (χ1v) is 7.82. The Morgan fingerprint density at radius 3 is 2.64 bits per heavy atom. The maximum atomic E-state index is 12.9. The number of aromatic nitrogens is 2. The zero-order valence-electron chi connectivity index (χ0n) is 13.8. The molecule has 1 aromatic carbocycles. The van der Waals surface area contributed by atoms with Gasteiger partial charge in [-0.3, -0.25) is 14.0 Å². The minimum atomic E-state index is -0.343. The summed E-state index contributed by atoms with van der Waals surface area (Å²) < 4.78 is 1.63. The van der Waals surface area contributed by atoms with Gasteiger partial charge in [-0.2, -0.15) is 0 Å². The number of hydrogen-bond acceptors (Lipinski definition) is 3. The Bertz CT molecular complexity index is 931. The monoisotopic (exact) mass is 334 g/mol. The van der Waals surface area contributed by atoms with Crippen molar-refractivity contribution in [2.45, 2.75) is 0 Å². The number of imidazole rings is 1. The van der Waals surface area contributed by atoms with Crippen LogP contribution in [0.3, 0.4) is 0 Å². The Morgan fingerprint density at radius 2 is 1.92 bits per heavy atom. The SMILES string of the molecule is C=CCNC(=O)c1nc(C(=O)N(C)c2ccccc2)n2ccccc12. The van der Waals surface area contributed by atoms with Crippen LogP contribution in [0.2, 0.25) is 0 Å². The number of amides is 2. The van der Waals surface area contributed by atoms with E-state index in [1.165, 1.54) is 4.90 Å². The lowest BCUT2D eigenvalue weighted by Crippen LogP contribution is -2.28. The molecule has 0 aliphatic rings. The summed E-state index contributed by atoms with van der Waals surface area (Å²) in [4.78, 5) is 31.1. The molecule has 0 saturated carbocycles. The van der Waals surface area contributed by atoms with E-state index in [1.54, 1.807) is 41.9 Å². The molecular weight excluding hydrogens is 316 g/mol. The van der Waals surface area contributed by atoms with Crippen molar-refractivity contribution in [1.82, 2.24) is 14.7 Å². The highest BCUT2D eigenvalue weighted by atomic mass is 16.2. The second kappa shape index (κ2) is 7.00. The molecule has 0 atom stereocenters. The molecule has 2 aromatic heterocycles. The number of anilines is 1. The van der Waals surface area contributed by atoms with E-state index in [9.17, 15) is 9.59 Å². The van der Waals surface area contributed by atoms with Gasteiger partial charge in [0.15, 0.2) is 5.69 Å². The number of benzene rings is 1. The van der Waals surface area contributed by atoms with Crippen molar-refractivity contribution in [3.63, 3.8) is 0 Å². The van der Waals surface area contributed by atoms with Gasteiger partial charge in [0.25, 0.3) is 11.8 Å². The van der Waals surface area contributed by atoms with E-state index >= 15 is 0 Å². The van der Waals surface area contributed by atoms with Crippen LogP contribution < -0.4 is 10.2 Å². The highest BCUT2D eigenvalue weighted by Crippen LogP contribution is 2.18. The molecule has 3 rings (SSSR count). The van der Waals surface area contributed by atoms with Crippen LogP contribution in [0.25, 0.3) is 5.52 Å². The van der Waals surface area contributed by atoms with Crippen LogP contribution in [0, 0.1) is 0 Å². The molecule has 6 heteroatoms. The van der Waals surface area contributed by atoms with Crippen LogP contribution in [-0.2, 0) is 0 Å². The molecule has 0 fully saturated rings. The van der Waals surface area contributed by atoms with Gasteiger partial charge in [0.2, 0.25) is 5.82 Å². The van der Waals surface area contributed by atoms with E-state index in [0.717, 1.165) is 5.69 Å². The third-order valence-corrected chi connectivity index (χ3v) is 3.81. The maximum Gasteiger partial charge on any atom is 0.294 e. The summed E-state index contributed by atoms with van der Waals surface area (Å²) in [5, 5.41) is 2.70. The highest BCUT2D eigenvalue weighted by molar-refractivity contribution is 6.07. The molecule has 126 valence electrons. The first-order valence-electron chi connectivity index (χ1n) is 7.82. The van der Waals surface area contributed by atoms with Crippen LogP contribution in [0.1, 0.15) is 21.1 Å².